The van der Waals surface area contributed by atoms with Crippen molar-refractivity contribution in [3.8, 4) is 5.75 Å². The summed E-state index contributed by atoms with van der Waals surface area (Å²) in [5.74, 6) is 2.19. The molecule has 162 valence electrons. The number of hydrogen-bond donors (Lipinski definition) is 0. The fourth-order valence-electron chi connectivity index (χ4n) is 3.71. The smallest absolute Gasteiger partial charge is 0.229 e. The topological polar surface area (TPSA) is 88.8 Å². The van der Waals surface area contributed by atoms with Gasteiger partial charge in [-0.25, -0.2) is 0 Å². The van der Waals surface area contributed by atoms with Crippen LogP contribution in [0.15, 0.2) is 28.8 Å². The summed E-state index contributed by atoms with van der Waals surface area (Å²) >= 11 is 0. The second kappa shape index (κ2) is 9.73. The summed E-state index contributed by atoms with van der Waals surface area (Å²) in [6.45, 7) is 7.26. The average Bonchev–Trinajstić information content (AvgIpc) is 3.38. The molecular weight excluding hydrogens is 384 g/mol. The number of likely N-dealkylation sites (tertiary alicyclic amines) is 1. The zero-order valence-electron chi connectivity index (χ0n) is 18.1. The molecule has 0 spiro atoms. The van der Waals surface area contributed by atoms with Gasteiger partial charge in [0.25, 0.3) is 0 Å². The number of amides is 2. The van der Waals surface area contributed by atoms with Crippen LogP contribution in [-0.2, 0) is 22.4 Å². The fraction of sp³-hybridized carbons (Fsp3) is 0.545. The monoisotopic (exact) mass is 414 g/mol. The molecule has 1 aliphatic rings. The van der Waals surface area contributed by atoms with Crippen LogP contribution in [0, 0.1) is 0 Å². The van der Waals surface area contributed by atoms with Crippen molar-refractivity contribution in [2.75, 3.05) is 26.7 Å². The molecule has 2 aromatic rings. The third kappa shape index (κ3) is 5.37. The van der Waals surface area contributed by atoms with Crippen molar-refractivity contribution in [3.63, 3.8) is 0 Å². The minimum atomic E-state index is -0.00493. The highest BCUT2D eigenvalue weighted by Crippen LogP contribution is 2.20. The third-order valence-corrected chi connectivity index (χ3v) is 5.40. The quantitative estimate of drug-likeness (QED) is 0.659. The zero-order chi connectivity index (χ0) is 21.7. The number of aromatic nitrogens is 2. The van der Waals surface area contributed by atoms with E-state index < -0.39 is 0 Å². The van der Waals surface area contributed by atoms with Crippen molar-refractivity contribution in [1.29, 1.82) is 0 Å². The van der Waals surface area contributed by atoms with Crippen LogP contribution in [0.2, 0.25) is 0 Å². The number of carbonyl (C=O) groups excluding carboxylic acids is 2. The lowest BCUT2D eigenvalue weighted by Crippen LogP contribution is -2.43. The molecule has 8 heteroatoms. The van der Waals surface area contributed by atoms with Crippen LogP contribution in [0.5, 0.6) is 5.75 Å². The van der Waals surface area contributed by atoms with Gasteiger partial charge >= 0.3 is 0 Å². The molecule has 0 saturated carbocycles. The first kappa shape index (κ1) is 21.8. The Labute approximate surface area is 177 Å². The Hall–Kier alpha value is -2.90. The largest absolute Gasteiger partial charge is 0.497 e. The Morgan fingerprint density at radius 3 is 2.83 bits per heavy atom. The van der Waals surface area contributed by atoms with E-state index in [4.69, 9.17) is 9.26 Å². The van der Waals surface area contributed by atoms with Gasteiger partial charge < -0.3 is 19.1 Å². The van der Waals surface area contributed by atoms with Crippen LogP contribution in [0.1, 0.15) is 50.4 Å². The van der Waals surface area contributed by atoms with Gasteiger partial charge in [-0.05, 0) is 24.1 Å². The molecular formula is C22H30N4O4. The molecule has 1 aromatic carbocycles. The molecule has 2 amide bonds. The van der Waals surface area contributed by atoms with Crippen LogP contribution in [-0.4, -0.2) is 64.5 Å². The van der Waals surface area contributed by atoms with E-state index in [-0.39, 0.29) is 23.8 Å². The number of carbonyl (C=O) groups is 2. The Morgan fingerprint density at radius 2 is 2.17 bits per heavy atom. The normalized spacial score (nSPS) is 16.2. The number of methoxy groups -OCH3 is 1. The van der Waals surface area contributed by atoms with Crippen molar-refractivity contribution in [3.05, 3.63) is 41.5 Å². The molecule has 0 N–H and O–H groups in total. The van der Waals surface area contributed by atoms with Gasteiger partial charge in [0.1, 0.15) is 5.75 Å². The van der Waals surface area contributed by atoms with Crippen LogP contribution >= 0.6 is 0 Å². The van der Waals surface area contributed by atoms with E-state index in [9.17, 15) is 9.59 Å². The molecule has 1 saturated heterocycles. The number of ether oxygens (including phenoxy) is 1. The lowest BCUT2D eigenvalue weighted by Gasteiger charge is -2.27. The Bertz CT molecular complexity index is 880. The maximum atomic E-state index is 12.7. The maximum Gasteiger partial charge on any atom is 0.229 e. The SMILES string of the molecule is COc1cccc(CC(=O)N2CCC(N(CCc3noc(C(C)C)n3)C(C)=O)C2)c1. The number of nitrogens with zero attached hydrogens (tertiary/aromatic N) is 4. The standard InChI is InChI=1S/C22H30N4O4/c1-15(2)22-23-20(24-30-22)9-11-26(16(3)27)18-8-10-25(14-18)21(28)13-17-6-5-7-19(12-17)29-4/h5-7,12,15,18H,8-11,13-14H2,1-4H3. The van der Waals surface area contributed by atoms with E-state index >= 15 is 0 Å². The lowest BCUT2D eigenvalue weighted by molar-refractivity contribution is -0.133. The Kier molecular flexibility index (Phi) is 7.07. The van der Waals surface area contributed by atoms with Crippen LogP contribution in [0.4, 0.5) is 0 Å². The first-order chi connectivity index (χ1) is 14.4. The van der Waals surface area contributed by atoms with Crippen molar-refractivity contribution in [2.24, 2.45) is 0 Å². The van der Waals surface area contributed by atoms with Gasteiger partial charge in [0, 0.05) is 38.9 Å². The van der Waals surface area contributed by atoms with Crippen molar-refractivity contribution >= 4 is 11.8 Å². The van der Waals surface area contributed by atoms with Gasteiger partial charge in [0.2, 0.25) is 17.7 Å². The molecule has 1 fully saturated rings. The van der Waals surface area contributed by atoms with Gasteiger partial charge in [-0.15, -0.1) is 0 Å². The molecule has 8 nitrogen and oxygen atoms in total. The second-order valence-corrected chi connectivity index (χ2v) is 7.98. The molecule has 0 radical (unpaired) electrons. The molecule has 1 unspecified atom stereocenters. The summed E-state index contributed by atoms with van der Waals surface area (Å²) in [5, 5.41) is 4.00. The average molecular weight is 415 g/mol. The molecule has 1 aliphatic heterocycles. The predicted molar refractivity (Wildman–Crippen MR) is 111 cm³/mol. The van der Waals surface area contributed by atoms with E-state index in [0.29, 0.717) is 44.2 Å². The fourth-order valence-corrected chi connectivity index (χ4v) is 3.71. The summed E-state index contributed by atoms with van der Waals surface area (Å²) in [5.41, 5.74) is 0.921. The van der Waals surface area contributed by atoms with E-state index in [0.717, 1.165) is 17.7 Å². The van der Waals surface area contributed by atoms with Crippen molar-refractivity contribution < 1.29 is 18.8 Å². The summed E-state index contributed by atoms with van der Waals surface area (Å²) in [6, 6.07) is 7.55. The first-order valence-corrected chi connectivity index (χ1v) is 10.4. The number of hydrogen-bond acceptors (Lipinski definition) is 6. The van der Waals surface area contributed by atoms with Gasteiger partial charge in [0.15, 0.2) is 5.82 Å². The van der Waals surface area contributed by atoms with Crippen LogP contribution in [0.25, 0.3) is 0 Å². The van der Waals surface area contributed by atoms with Crippen LogP contribution < -0.4 is 4.74 Å². The van der Waals surface area contributed by atoms with Gasteiger partial charge in [0.05, 0.1) is 19.6 Å². The van der Waals surface area contributed by atoms with Gasteiger partial charge in [-0.1, -0.05) is 31.1 Å². The Morgan fingerprint density at radius 1 is 1.37 bits per heavy atom. The third-order valence-electron chi connectivity index (χ3n) is 5.40. The summed E-state index contributed by atoms with van der Waals surface area (Å²) in [7, 11) is 1.61. The highest BCUT2D eigenvalue weighted by atomic mass is 16.5. The number of benzene rings is 1. The minimum Gasteiger partial charge on any atom is -0.497 e. The van der Waals surface area contributed by atoms with Gasteiger partial charge in [-0.3, -0.25) is 9.59 Å². The van der Waals surface area contributed by atoms with E-state index in [1.165, 1.54) is 0 Å². The van der Waals surface area contributed by atoms with Gasteiger partial charge in [-0.2, -0.15) is 4.98 Å². The van der Waals surface area contributed by atoms with E-state index in [2.05, 4.69) is 10.1 Å². The van der Waals surface area contributed by atoms with Crippen molar-refractivity contribution in [1.82, 2.24) is 19.9 Å². The molecule has 0 bridgehead atoms. The molecule has 30 heavy (non-hydrogen) atoms. The molecule has 3 rings (SSSR count). The minimum absolute atomic E-state index is 0.00493. The molecule has 0 aliphatic carbocycles. The number of rotatable bonds is 8. The van der Waals surface area contributed by atoms with E-state index in [1.54, 1.807) is 14.0 Å². The molecule has 1 atom stereocenters. The molecule has 2 heterocycles. The highest BCUT2D eigenvalue weighted by Gasteiger charge is 2.31. The van der Waals surface area contributed by atoms with Crippen molar-refractivity contribution in [2.45, 2.75) is 52.0 Å². The summed E-state index contributed by atoms with van der Waals surface area (Å²) in [4.78, 5) is 33.0. The highest BCUT2D eigenvalue weighted by molar-refractivity contribution is 5.79. The maximum absolute atomic E-state index is 12.7. The van der Waals surface area contributed by atoms with E-state index in [1.807, 2.05) is 47.9 Å². The zero-order valence-corrected chi connectivity index (χ0v) is 18.1. The second-order valence-electron chi connectivity index (χ2n) is 7.98. The first-order valence-electron chi connectivity index (χ1n) is 10.4. The summed E-state index contributed by atoms with van der Waals surface area (Å²) < 4.78 is 10.5. The predicted octanol–water partition coefficient (Wildman–Crippen LogP) is 2.44. The summed E-state index contributed by atoms with van der Waals surface area (Å²) in [6.07, 6.45) is 1.63. The lowest BCUT2D eigenvalue weighted by atomic mass is 10.1. The van der Waals surface area contributed by atoms with Crippen LogP contribution in [0.3, 0.4) is 0 Å². The Balaban J connectivity index is 1.56. The molecule has 1 aromatic heterocycles.